The van der Waals surface area contributed by atoms with Crippen molar-refractivity contribution in [2.45, 2.75) is 64.7 Å². The Hall–Kier alpha value is 0. The van der Waals surface area contributed by atoms with Crippen molar-refractivity contribution in [2.24, 2.45) is 11.3 Å². The molecule has 2 aliphatic carbocycles. The number of hydrogen-bond donors (Lipinski definition) is 0. The summed E-state index contributed by atoms with van der Waals surface area (Å²) in [5.74, 6) is 1.12. The second kappa shape index (κ2) is 3.40. The van der Waals surface area contributed by atoms with E-state index in [4.69, 9.17) is 0 Å². The third kappa shape index (κ3) is 1.53. The van der Waals surface area contributed by atoms with E-state index < -0.39 is 0 Å². The maximum atomic E-state index is 2.41. The highest BCUT2D eigenvalue weighted by Gasteiger charge is 2.37. The molecule has 0 N–H and O–H groups in total. The van der Waals surface area contributed by atoms with Gasteiger partial charge in [0.05, 0.1) is 0 Å². The Kier molecular flexibility index (Phi) is 2.43. The van der Waals surface area contributed by atoms with Crippen LogP contribution in [-0.2, 0) is 0 Å². The average Bonchev–Trinajstić information content (AvgIpc) is 2.47. The molecule has 12 heavy (non-hydrogen) atoms. The van der Waals surface area contributed by atoms with Gasteiger partial charge < -0.3 is 0 Å². The molecule has 0 heteroatoms. The first kappa shape index (κ1) is 8.59. The van der Waals surface area contributed by atoms with Crippen molar-refractivity contribution in [1.82, 2.24) is 0 Å². The van der Waals surface area contributed by atoms with Gasteiger partial charge in [-0.1, -0.05) is 39.0 Å². The van der Waals surface area contributed by atoms with Gasteiger partial charge in [-0.3, -0.25) is 0 Å². The van der Waals surface area contributed by atoms with Gasteiger partial charge in [0.1, 0.15) is 0 Å². The second-order valence-electron chi connectivity index (χ2n) is 5.06. The molecule has 0 amide bonds. The molecular weight excluding hydrogens is 144 g/mol. The van der Waals surface area contributed by atoms with E-state index in [1.54, 1.807) is 32.1 Å². The molecule has 0 saturated heterocycles. The molecule has 0 radical (unpaired) electrons. The van der Waals surface area contributed by atoms with E-state index in [9.17, 15) is 0 Å². The number of hydrogen-bond acceptors (Lipinski definition) is 0. The van der Waals surface area contributed by atoms with Gasteiger partial charge in [0, 0.05) is 0 Å². The lowest BCUT2D eigenvalue weighted by Gasteiger charge is -2.29. The molecule has 2 rings (SSSR count). The maximum Gasteiger partial charge on any atom is -0.0297 e. The zero-order valence-electron chi connectivity index (χ0n) is 8.44. The van der Waals surface area contributed by atoms with Crippen LogP contribution in [0.25, 0.3) is 0 Å². The van der Waals surface area contributed by atoms with Gasteiger partial charge in [0.15, 0.2) is 0 Å². The van der Waals surface area contributed by atoms with Crippen molar-refractivity contribution >= 4 is 0 Å². The lowest BCUT2D eigenvalue weighted by molar-refractivity contribution is 0.224. The first-order valence-corrected chi connectivity index (χ1v) is 5.85. The molecule has 2 bridgehead atoms. The van der Waals surface area contributed by atoms with E-state index in [-0.39, 0.29) is 0 Å². The number of rotatable bonds is 1. The van der Waals surface area contributed by atoms with E-state index in [0.717, 1.165) is 11.3 Å². The quantitative estimate of drug-likeness (QED) is 0.549. The molecule has 0 spiro atoms. The van der Waals surface area contributed by atoms with Gasteiger partial charge >= 0.3 is 0 Å². The van der Waals surface area contributed by atoms with Crippen LogP contribution in [0.15, 0.2) is 0 Å². The average molecular weight is 166 g/mol. The Balaban J connectivity index is 2.03. The fourth-order valence-corrected chi connectivity index (χ4v) is 3.41. The van der Waals surface area contributed by atoms with Crippen molar-refractivity contribution in [3.8, 4) is 0 Å². The lowest BCUT2D eigenvalue weighted by atomic mass is 9.76. The fourth-order valence-electron chi connectivity index (χ4n) is 3.41. The first-order valence-electron chi connectivity index (χ1n) is 5.85. The lowest BCUT2D eigenvalue weighted by Crippen LogP contribution is -2.17. The molecule has 2 aliphatic rings. The summed E-state index contributed by atoms with van der Waals surface area (Å²) in [5.41, 5.74) is 0.811. The van der Waals surface area contributed by atoms with Crippen LogP contribution in [0, 0.1) is 11.3 Å². The van der Waals surface area contributed by atoms with Crippen molar-refractivity contribution in [1.29, 1.82) is 0 Å². The summed E-state index contributed by atoms with van der Waals surface area (Å²) < 4.78 is 0. The fraction of sp³-hybridized carbons (Fsp3) is 1.00. The highest BCUT2D eigenvalue weighted by molar-refractivity contribution is 4.89. The van der Waals surface area contributed by atoms with Gasteiger partial charge in [-0.25, -0.2) is 0 Å². The van der Waals surface area contributed by atoms with Crippen LogP contribution in [-0.4, -0.2) is 0 Å². The summed E-state index contributed by atoms with van der Waals surface area (Å²) in [4.78, 5) is 0. The van der Waals surface area contributed by atoms with Gasteiger partial charge in [0.25, 0.3) is 0 Å². The standard InChI is InChI=1S/C12H22/c1-2-12-8-5-3-4-6-11(10-12)7-9-12/h11H,2-10H2,1H3. The van der Waals surface area contributed by atoms with Crippen LogP contribution >= 0.6 is 0 Å². The second-order valence-corrected chi connectivity index (χ2v) is 5.06. The molecule has 2 atom stereocenters. The smallest absolute Gasteiger partial charge is 0.0297 e. The Bertz CT molecular complexity index is 150. The van der Waals surface area contributed by atoms with Crippen molar-refractivity contribution in [2.75, 3.05) is 0 Å². The van der Waals surface area contributed by atoms with Crippen LogP contribution < -0.4 is 0 Å². The normalized spacial score (nSPS) is 42.2. The Morgan fingerprint density at radius 2 is 2.00 bits per heavy atom. The molecule has 0 aromatic rings. The Morgan fingerprint density at radius 3 is 2.83 bits per heavy atom. The van der Waals surface area contributed by atoms with E-state index in [1.165, 1.54) is 25.7 Å². The first-order chi connectivity index (χ1) is 5.85. The van der Waals surface area contributed by atoms with E-state index in [0.29, 0.717) is 0 Å². The Morgan fingerprint density at radius 1 is 1.08 bits per heavy atom. The largest absolute Gasteiger partial charge is 0.0649 e. The molecule has 70 valence electrons. The summed E-state index contributed by atoms with van der Waals surface area (Å²) in [6.07, 6.45) is 13.8. The van der Waals surface area contributed by atoms with E-state index in [1.807, 2.05) is 0 Å². The molecule has 2 unspecified atom stereocenters. The molecule has 0 nitrogen and oxygen atoms in total. The van der Waals surface area contributed by atoms with Gasteiger partial charge in [-0.15, -0.1) is 0 Å². The van der Waals surface area contributed by atoms with Crippen LogP contribution in [0.4, 0.5) is 0 Å². The minimum Gasteiger partial charge on any atom is -0.0649 e. The summed E-state index contributed by atoms with van der Waals surface area (Å²) in [5, 5.41) is 0. The third-order valence-electron chi connectivity index (χ3n) is 4.37. The highest BCUT2D eigenvalue weighted by atomic mass is 14.4. The zero-order valence-corrected chi connectivity index (χ0v) is 8.44. The minimum absolute atomic E-state index is 0.811. The monoisotopic (exact) mass is 166 g/mol. The summed E-state index contributed by atoms with van der Waals surface area (Å²) >= 11 is 0. The topological polar surface area (TPSA) is 0 Å². The summed E-state index contributed by atoms with van der Waals surface area (Å²) in [7, 11) is 0. The molecule has 2 fully saturated rings. The van der Waals surface area contributed by atoms with Crippen LogP contribution in [0.3, 0.4) is 0 Å². The minimum atomic E-state index is 0.811. The highest BCUT2D eigenvalue weighted by Crippen LogP contribution is 2.50. The third-order valence-corrected chi connectivity index (χ3v) is 4.37. The van der Waals surface area contributed by atoms with Crippen LogP contribution in [0.5, 0.6) is 0 Å². The van der Waals surface area contributed by atoms with Crippen LogP contribution in [0.2, 0.25) is 0 Å². The summed E-state index contributed by atoms with van der Waals surface area (Å²) in [6, 6.07) is 0. The van der Waals surface area contributed by atoms with Gasteiger partial charge in [0.2, 0.25) is 0 Å². The van der Waals surface area contributed by atoms with E-state index in [2.05, 4.69) is 6.92 Å². The molecular formula is C12H22. The molecule has 0 aromatic carbocycles. The van der Waals surface area contributed by atoms with Crippen molar-refractivity contribution < 1.29 is 0 Å². The van der Waals surface area contributed by atoms with Crippen molar-refractivity contribution in [3.63, 3.8) is 0 Å². The predicted octanol–water partition coefficient (Wildman–Crippen LogP) is 4.15. The zero-order chi connectivity index (χ0) is 8.44. The number of fused-ring (bicyclic) bond motifs is 2. The van der Waals surface area contributed by atoms with Gasteiger partial charge in [-0.05, 0) is 37.0 Å². The van der Waals surface area contributed by atoms with E-state index >= 15 is 0 Å². The van der Waals surface area contributed by atoms with Crippen LogP contribution in [0.1, 0.15) is 64.7 Å². The van der Waals surface area contributed by atoms with Crippen molar-refractivity contribution in [3.05, 3.63) is 0 Å². The SMILES string of the molecule is CCC12CCCCCC(CC1)C2. The molecule has 0 aliphatic heterocycles. The molecule has 2 saturated carbocycles. The maximum absolute atomic E-state index is 2.41. The molecule has 0 aromatic heterocycles. The summed E-state index contributed by atoms with van der Waals surface area (Å²) in [6.45, 7) is 2.41. The predicted molar refractivity (Wildman–Crippen MR) is 53.2 cm³/mol. The molecule has 0 heterocycles. The Labute approximate surface area is 76.7 Å². The van der Waals surface area contributed by atoms with Gasteiger partial charge in [-0.2, -0.15) is 0 Å².